The molecule has 19 heavy (non-hydrogen) atoms. The Balaban J connectivity index is 2.31. The highest BCUT2D eigenvalue weighted by atomic mass is 16.5. The lowest BCUT2D eigenvalue weighted by Crippen LogP contribution is -2.08. The van der Waals surface area contributed by atoms with Crippen molar-refractivity contribution >= 4 is 11.5 Å². The van der Waals surface area contributed by atoms with Crippen molar-refractivity contribution < 1.29 is 24.2 Å². The highest BCUT2D eigenvalue weighted by molar-refractivity contribution is 6.49. The van der Waals surface area contributed by atoms with Gasteiger partial charge in [-0.1, -0.05) is 5.16 Å². The number of carbonyl (C=O) groups excluding carboxylic acids is 1. The first-order valence-electron chi connectivity index (χ1n) is 5.79. The minimum absolute atomic E-state index is 0.131. The maximum atomic E-state index is 11.9. The molecule has 6 heteroatoms. The summed E-state index contributed by atoms with van der Waals surface area (Å²) in [5.41, 5.74) is 1.39. The van der Waals surface area contributed by atoms with Crippen molar-refractivity contribution in [2.24, 2.45) is 5.16 Å². The third kappa shape index (κ3) is 2.53. The van der Waals surface area contributed by atoms with Gasteiger partial charge in [-0.05, 0) is 17.7 Å². The number of ether oxygens (including phenoxy) is 3. The fourth-order valence-corrected chi connectivity index (χ4v) is 1.96. The van der Waals surface area contributed by atoms with Gasteiger partial charge < -0.3 is 19.4 Å². The number of methoxy groups -OCH3 is 2. The second-order valence-corrected chi connectivity index (χ2v) is 4.05. The molecule has 1 aromatic rings. The van der Waals surface area contributed by atoms with E-state index in [9.17, 15) is 4.79 Å². The third-order valence-corrected chi connectivity index (χ3v) is 2.92. The Bertz CT molecular complexity index is 524. The molecule has 0 unspecified atom stereocenters. The van der Waals surface area contributed by atoms with Crippen LogP contribution in [-0.4, -0.2) is 44.1 Å². The normalized spacial score (nSPS) is 15.7. The number of rotatable bonds is 5. The van der Waals surface area contributed by atoms with Gasteiger partial charge in [-0.15, -0.1) is 0 Å². The van der Waals surface area contributed by atoms with Crippen LogP contribution < -0.4 is 9.47 Å². The Labute approximate surface area is 110 Å². The van der Waals surface area contributed by atoms with Crippen molar-refractivity contribution in [3.63, 3.8) is 0 Å². The lowest BCUT2D eigenvalue weighted by atomic mass is 10.1. The quantitative estimate of drug-likeness (QED) is 0.493. The summed E-state index contributed by atoms with van der Waals surface area (Å²) in [4.78, 5) is 11.9. The van der Waals surface area contributed by atoms with Crippen molar-refractivity contribution in [1.82, 2.24) is 0 Å². The van der Waals surface area contributed by atoms with Gasteiger partial charge in [-0.25, -0.2) is 0 Å². The Kier molecular flexibility index (Phi) is 4.01. The molecule has 2 rings (SSSR count). The summed E-state index contributed by atoms with van der Waals surface area (Å²) < 4.78 is 15.6. The highest BCUT2D eigenvalue weighted by Gasteiger charge is 2.29. The van der Waals surface area contributed by atoms with Crippen LogP contribution in [0.2, 0.25) is 0 Å². The molecule has 6 nitrogen and oxygen atoms in total. The number of carbonyl (C=O) groups is 1. The third-order valence-electron chi connectivity index (χ3n) is 2.92. The van der Waals surface area contributed by atoms with Crippen LogP contribution in [0.3, 0.4) is 0 Å². The number of hydrogen-bond donors (Lipinski definition) is 1. The largest absolute Gasteiger partial charge is 0.493 e. The molecule has 0 radical (unpaired) electrons. The first-order valence-corrected chi connectivity index (χ1v) is 5.79. The molecular formula is C13H15NO5. The van der Waals surface area contributed by atoms with E-state index < -0.39 is 0 Å². The number of fused-ring (bicyclic) bond motifs is 1. The maximum Gasteiger partial charge on any atom is 0.211 e. The number of hydrogen-bond acceptors (Lipinski definition) is 6. The summed E-state index contributed by atoms with van der Waals surface area (Å²) in [5, 5.41) is 11.8. The van der Waals surface area contributed by atoms with E-state index in [1.807, 2.05) is 0 Å². The van der Waals surface area contributed by atoms with Crippen LogP contribution in [0.1, 0.15) is 15.9 Å². The molecule has 1 aliphatic rings. The van der Waals surface area contributed by atoms with Gasteiger partial charge >= 0.3 is 0 Å². The average Bonchev–Trinajstić information content (AvgIpc) is 2.74. The average molecular weight is 265 g/mol. The molecule has 0 saturated heterocycles. The SMILES string of the molecule is COCCOc1cc2c(cc1OC)CC(=NO)C2=O. The van der Waals surface area contributed by atoms with Gasteiger partial charge in [0, 0.05) is 19.1 Å². The predicted molar refractivity (Wildman–Crippen MR) is 67.6 cm³/mol. The lowest BCUT2D eigenvalue weighted by molar-refractivity contribution is 0.106. The van der Waals surface area contributed by atoms with E-state index in [0.29, 0.717) is 36.7 Å². The molecule has 0 aromatic heterocycles. The van der Waals surface area contributed by atoms with Crippen LogP contribution in [0.5, 0.6) is 11.5 Å². The van der Waals surface area contributed by atoms with Crippen molar-refractivity contribution in [2.45, 2.75) is 6.42 Å². The fraction of sp³-hybridized carbons (Fsp3) is 0.385. The molecule has 1 aliphatic carbocycles. The summed E-state index contributed by atoms with van der Waals surface area (Å²) in [6.07, 6.45) is 0.305. The Morgan fingerprint density at radius 1 is 1.26 bits per heavy atom. The molecule has 0 heterocycles. The topological polar surface area (TPSA) is 77.3 Å². The number of oxime groups is 1. The maximum absolute atomic E-state index is 11.9. The van der Waals surface area contributed by atoms with Crippen LogP contribution in [0.25, 0.3) is 0 Å². The molecule has 102 valence electrons. The van der Waals surface area contributed by atoms with Crippen LogP contribution in [0, 0.1) is 0 Å². The van der Waals surface area contributed by atoms with E-state index in [4.69, 9.17) is 19.4 Å². The molecule has 1 aromatic carbocycles. The molecule has 0 amide bonds. The van der Waals surface area contributed by atoms with Crippen molar-refractivity contribution in [3.05, 3.63) is 23.3 Å². The fourth-order valence-electron chi connectivity index (χ4n) is 1.96. The summed E-state index contributed by atoms with van der Waals surface area (Å²) in [5.74, 6) is 0.740. The smallest absolute Gasteiger partial charge is 0.211 e. The summed E-state index contributed by atoms with van der Waals surface area (Å²) in [7, 11) is 3.11. The van der Waals surface area contributed by atoms with Gasteiger partial charge in [0.25, 0.3) is 0 Å². The minimum Gasteiger partial charge on any atom is -0.493 e. The van der Waals surface area contributed by atoms with Gasteiger partial charge in [-0.3, -0.25) is 4.79 Å². The van der Waals surface area contributed by atoms with E-state index in [-0.39, 0.29) is 11.5 Å². The zero-order chi connectivity index (χ0) is 13.8. The van der Waals surface area contributed by atoms with Gasteiger partial charge in [0.1, 0.15) is 12.3 Å². The summed E-state index contributed by atoms with van der Waals surface area (Å²) in [6, 6.07) is 3.35. The highest BCUT2D eigenvalue weighted by Crippen LogP contribution is 2.34. The Hall–Kier alpha value is -2.08. The Morgan fingerprint density at radius 3 is 2.68 bits per heavy atom. The van der Waals surface area contributed by atoms with E-state index in [2.05, 4.69) is 5.16 Å². The zero-order valence-electron chi connectivity index (χ0n) is 10.8. The first-order chi connectivity index (χ1) is 9.21. The van der Waals surface area contributed by atoms with Crippen molar-refractivity contribution in [3.8, 4) is 11.5 Å². The molecule has 1 N–H and O–H groups in total. The van der Waals surface area contributed by atoms with Crippen LogP contribution in [0.4, 0.5) is 0 Å². The number of benzene rings is 1. The monoisotopic (exact) mass is 265 g/mol. The second-order valence-electron chi connectivity index (χ2n) is 4.05. The molecule has 0 fully saturated rings. The van der Waals surface area contributed by atoms with E-state index in [1.54, 1.807) is 19.2 Å². The summed E-state index contributed by atoms with van der Waals surface area (Å²) in [6.45, 7) is 0.804. The molecule has 0 aliphatic heterocycles. The summed E-state index contributed by atoms with van der Waals surface area (Å²) >= 11 is 0. The zero-order valence-corrected chi connectivity index (χ0v) is 10.8. The van der Waals surface area contributed by atoms with E-state index in [0.717, 1.165) is 5.56 Å². The number of nitrogens with zero attached hydrogens (tertiary/aromatic N) is 1. The predicted octanol–water partition coefficient (Wildman–Crippen LogP) is 1.29. The van der Waals surface area contributed by atoms with Crippen molar-refractivity contribution in [2.75, 3.05) is 27.4 Å². The van der Waals surface area contributed by atoms with E-state index in [1.165, 1.54) is 7.11 Å². The van der Waals surface area contributed by atoms with Crippen LogP contribution in [-0.2, 0) is 11.2 Å². The molecule has 0 atom stereocenters. The number of Topliss-reactive ketones (excluding diaryl/α,β-unsaturated/α-hetero) is 1. The van der Waals surface area contributed by atoms with Gasteiger partial charge in [0.15, 0.2) is 11.5 Å². The van der Waals surface area contributed by atoms with Gasteiger partial charge in [0.05, 0.1) is 13.7 Å². The molecular weight excluding hydrogens is 250 g/mol. The molecule has 0 spiro atoms. The number of ketones is 1. The molecule has 0 bridgehead atoms. The van der Waals surface area contributed by atoms with Gasteiger partial charge in [0.2, 0.25) is 5.78 Å². The van der Waals surface area contributed by atoms with E-state index >= 15 is 0 Å². The van der Waals surface area contributed by atoms with Crippen LogP contribution in [0.15, 0.2) is 17.3 Å². The second kappa shape index (κ2) is 5.71. The first kappa shape index (κ1) is 13.4. The standard InChI is InChI=1S/C13H15NO5/c1-17-3-4-19-12-7-9-8(6-11(12)18-2)5-10(14-16)13(9)15/h6-7,16H,3-5H2,1-2H3. The lowest BCUT2D eigenvalue weighted by Gasteiger charge is -2.11. The van der Waals surface area contributed by atoms with Crippen molar-refractivity contribution in [1.29, 1.82) is 0 Å². The minimum atomic E-state index is -0.281. The Morgan fingerprint density at radius 2 is 2.05 bits per heavy atom. The molecule has 0 saturated carbocycles. The van der Waals surface area contributed by atoms with Crippen LogP contribution >= 0.6 is 0 Å². The van der Waals surface area contributed by atoms with Gasteiger partial charge in [-0.2, -0.15) is 0 Å².